The van der Waals surface area contributed by atoms with Crippen LogP contribution >= 0.6 is 22.6 Å². The predicted molar refractivity (Wildman–Crippen MR) is 82.1 cm³/mol. The van der Waals surface area contributed by atoms with Crippen molar-refractivity contribution in [3.63, 3.8) is 0 Å². The van der Waals surface area contributed by atoms with Crippen LogP contribution in [0.15, 0.2) is 42.5 Å². The number of carbonyl (C=O) groups excluding carboxylic acids is 1. The second-order valence-corrected chi connectivity index (χ2v) is 5.12. The fourth-order valence-electron chi connectivity index (χ4n) is 1.85. The molecule has 98 valence electrons. The van der Waals surface area contributed by atoms with E-state index in [1.54, 1.807) is 38.5 Å². The zero-order valence-corrected chi connectivity index (χ0v) is 12.8. The number of hydrogen-bond acceptors (Lipinski definition) is 3. The third-order valence-corrected chi connectivity index (χ3v) is 3.41. The SMILES string of the molecule is COc1cccc(OC)c1C(=O)c1cccc(I)c1. The Kier molecular flexibility index (Phi) is 4.42. The van der Waals surface area contributed by atoms with Gasteiger partial charge in [0.05, 0.1) is 14.2 Å². The minimum Gasteiger partial charge on any atom is -0.496 e. The van der Waals surface area contributed by atoms with E-state index < -0.39 is 0 Å². The Morgan fingerprint density at radius 1 is 1.00 bits per heavy atom. The van der Waals surface area contributed by atoms with E-state index in [0.29, 0.717) is 22.6 Å². The number of carbonyl (C=O) groups is 1. The number of ether oxygens (including phenoxy) is 2. The highest BCUT2D eigenvalue weighted by molar-refractivity contribution is 14.1. The molecule has 4 heteroatoms. The predicted octanol–water partition coefficient (Wildman–Crippen LogP) is 3.54. The Morgan fingerprint density at radius 3 is 2.11 bits per heavy atom. The molecule has 0 radical (unpaired) electrons. The second-order valence-electron chi connectivity index (χ2n) is 3.88. The molecule has 0 heterocycles. The Hall–Kier alpha value is -1.56. The maximum absolute atomic E-state index is 12.6. The van der Waals surface area contributed by atoms with Crippen LogP contribution in [0.3, 0.4) is 0 Å². The molecule has 3 nitrogen and oxygen atoms in total. The normalized spacial score (nSPS) is 10.1. The van der Waals surface area contributed by atoms with Crippen molar-refractivity contribution in [2.45, 2.75) is 0 Å². The third-order valence-electron chi connectivity index (χ3n) is 2.74. The van der Waals surface area contributed by atoms with Crippen LogP contribution < -0.4 is 9.47 Å². The Labute approximate surface area is 125 Å². The fraction of sp³-hybridized carbons (Fsp3) is 0.133. The van der Waals surface area contributed by atoms with Crippen LogP contribution in [0.5, 0.6) is 11.5 Å². The minimum atomic E-state index is -0.104. The number of hydrogen-bond donors (Lipinski definition) is 0. The smallest absolute Gasteiger partial charge is 0.200 e. The molecular weight excluding hydrogens is 355 g/mol. The van der Waals surface area contributed by atoms with Crippen molar-refractivity contribution in [2.24, 2.45) is 0 Å². The molecule has 0 bridgehead atoms. The van der Waals surface area contributed by atoms with E-state index in [0.717, 1.165) is 3.57 Å². The molecule has 0 saturated heterocycles. The van der Waals surface area contributed by atoms with Gasteiger partial charge in [-0.05, 0) is 46.9 Å². The first kappa shape index (κ1) is 13.9. The van der Waals surface area contributed by atoms with Crippen LogP contribution in [0.1, 0.15) is 15.9 Å². The van der Waals surface area contributed by atoms with E-state index >= 15 is 0 Å². The molecule has 0 unspecified atom stereocenters. The van der Waals surface area contributed by atoms with Gasteiger partial charge >= 0.3 is 0 Å². The van der Waals surface area contributed by atoms with Crippen LogP contribution in [-0.4, -0.2) is 20.0 Å². The van der Waals surface area contributed by atoms with Crippen LogP contribution in [0, 0.1) is 3.57 Å². The van der Waals surface area contributed by atoms with Crippen molar-refractivity contribution in [1.82, 2.24) is 0 Å². The number of methoxy groups -OCH3 is 2. The highest BCUT2D eigenvalue weighted by Crippen LogP contribution is 2.30. The zero-order valence-electron chi connectivity index (χ0n) is 10.6. The molecule has 2 rings (SSSR count). The average molecular weight is 368 g/mol. The van der Waals surface area contributed by atoms with E-state index in [2.05, 4.69) is 22.6 Å². The van der Waals surface area contributed by atoms with Crippen molar-refractivity contribution in [3.05, 3.63) is 57.2 Å². The van der Waals surface area contributed by atoms with Crippen LogP contribution in [-0.2, 0) is 0 Å². The van der Waals surface area contributed by atoms with Gasteiger partial charge in [0, 0.05) is 9.13 Å². The van der Waals surface area contributed by atoms with Gasteiger partial charge in [0.25, 0.3) is 0 Å². The van der Waals surface area contributed by atoms with Crippen LogP contribution in [0.2, 0.25) is 0 Å². The molecule has 0 aliphatic rings. The summed E-state index contributed by atoms with van der Waals surface area (Å²) >= 11 is 2.18. The van der Waals surface area contributed by atoms with Gasteiger partial charge in [-0.25, -0.2) is 0 Å². The van der Waals surface area contributed by atoms with E-state index in [-0.39, 0.29) is 5.78 Å². The average Bonchev–Trinajstić information content (AvgIpc) is 2.45. The molecule has 2 aromatic rings. The van der Waals surface area contributed by atoms with E-state index in [4.69, 9.17) is 9.47 Å². The molecule has 0 saturated carbocycles. The van der Waals surface area contributed by atoms with Crippen LogP contribution in [0.25, 0.3) is 0 Å². The van der Waals surface area contributed by atoms with Gasteiger partial charge < -0.3 is 9.47 Å². The molecule has 0 atom stereocenters. The summed E-state index contributed by atoms with van der Waals surface area (Å²) in [5.74, 6) is 0.930. The van der Waals surface area contributed by atoms with Crippen molar-refractivity contribution in [2.75, 3.05) is 14.2 Å². The molecule has 0 aliphatic heterocycles. The fourth-order valence-corrected chi connectivity index (χ4v) is 2.39. The number of ketones is 1. The maximum Gasteiger partial charge on any atom is 0.200 e. The lowest BCUT2D eigenvalue weighted by Crippen LogP contribution is -2.06. The topological polar surface area (TPSA) is 35.5 Å². The van der Waals surface area contributed by atoms with Gasteiger partial charge in [0.15, 0.2) is 0 Å². The van der Waals surface area contributed by atoms with Gasteiger partial charge in [0.1, 0.15) is 17.1 Å². The molecule has 0 spiro atoms. The van der Waals surface area contributed by atoms with E-state index in [9.17, 15) is 4.79 Å². The second kappa shape index (κ2) is 6.06. The quantitative estimate of drug-likeness (QED) is 0.612. The summed E-state index contributed by atoms with van der Waals surface area (Å²) in [5.41, 5.74) is 1.07. The highest BCUT2D eigenvalue weighted by atomic mass is 127. The van der Waals surface area contributed by atoms with Crippen molar-refractivity contribution >= 4 is 28.4 Å². The molecule has 0 aliphatic carbocycles. The summed E-state index contributed by atoms with van der Waals surface area (Å²) in [6.45, 7) is 0. The molecule has 0 amide bonds. The van der Waals surface area contributed by atoms with Gasteiger partial charge in [-0.1, -0.05) is 18.2 Å². The van der Waals surface area contributed by atoms with Gasteiger partial charge in [-0.15, -0.1) is 0 Å². The lowest BCUT2D eigenvalue weighted by atomic mass is 10.0. The molecule has 19 heavy (non-hydrogen) atoms. The Balaban J connectivity index is 2.55. The van der Waals surface area contributed by atoms with Crippen LogP contribution in [0.4, 0.5) is 0 Å². The third kappa shape index (κ3) is 2.89. The largest absolute Gasteiger partial charge is 0.496 e. The van der Waals surface area contributed by atoms with Gasteiger partial charge in [-0.2, -0.15) is 0 Å². The number of halogens is 1. The van der Waals surface area contributed by atoms with Crippen molar-refractivity contribution in [3.8, 4) is 11.5 Å². The van der Waals surface area contributed by atoms with E-state index in [1.807, 2.05) is 18.2 Å². The summed E-state index contributed by atoms with van der Waals surface area (Å²) in [5, 5.41) is 0. The molecule has 0 fully saturated rings. The molecule has 2 aromatic carbocycles. The Bertz CT molecular complexity index is 586. The maximum atomic E-state index is 12.6. The summed E-state index contributed by atoms with van der Waals surface area (Å²) in [4.78, 5) is 12.6. The monoisotopic (exact) mass is 368 g/mol. The molecule has 0 N–H and O–H groups in total. The minimum absolute atomic E-state index is 0.104. The summed E-state index contributed by atoms with van der Waals surface area (Å²) in [6.07, 6.45) is 0. The number of rotatable bonds is 4. The standard InChI is InChI=1S/C15H13IO3/c1-18-12-7-4-8-13(19-2)14(12)15(17)10-5-3-6-11(16)9-10/h3-9H,1-2H3. The lowest BCUT2D eigenvalue weighted by Gasteiger charge is -2.12. The summed E-state index contributed by atoms with van der Waals surface area (Å²) in [6, 6.07) is 12.7. The van der Waals surface area contributed by atoms with Crippen molar-refractivity contribution < 1.29 is 14.3 Å². The molecule has 0 aromatic heterocycles. The summed E-state index contributed by atoms with van der Waals surface area (Å²) in [7, 11) is 3.08. The van der Waals surface area contributed by atoms with Crippen molar-refractivity contribution in [1.29, 1.82) is 0 Å². The first-order valence-corrected chi connectivity index (χ1v) is 6.76. The Morgan fingerprint density at radius 2 is 1.58 bits per heavy atom. The zero-order chi connectivity index (χ0) is 13.8. The van der Waals surface area contributed by atoms with Gasteiger partial charge in [-0.3, -0.25) is 4.79 Å². The van der Waals surface area contributed by atoms with E-state index in [1.165, 1.54) is 0 Å². The lowest BCUT2D eigenvalue weighted by molar-refractivity contribution is 0.103. The summed E-state index contributed by atoms with van der Waals surface area (Å²) < 4.78 is 11.5. The molecular formula is C15H13IO3. The first-order chi connectivity index (χ1) is 9.17. The van der Waals surface area contributed by atoms with Gasteiger partial charge in [0.2, 0.25) is 5.78 Å². The number of benzene rings is 2. The first-order valence-electron chi connectivity index (χ1n) is 5.68. The highest BCUT2D eigenvalue weighted by Gasteiger charge is 2.19.